The van der Waals surface area contributed by atoms with Crippen LogP contribution in [-0.2, 0) is 13.2 Å². The van der Waals surface area contributed by atoms with E-state index in [0.29, 0.717) is 11.4 Å². The van der Waals surface area contributed by atoms with Gasteiger partial charge in [-0.2, -0.15) is 13.2 Å². The predicted molar refractivity (Wildman–Crippen MR) is 66.1 cm³/mol. The number of nitrogens with zero attached hydrogens (tertiary/aromatic N) is 2. The van der Waals surface area contributed by atoms with Crippen molar-refractivity contribution in [1.82, 2.24) is 9.55 Å². The maximum Gasteiger partial charge on any atom is 0.434 e. The summed E-state index contributed by atoms with van der Waals surface area (Å²) >= 11 is 3.32. The quantitative estimate of drug-likeness (QED) is 0.771. The van der Waals surface area contributed by atoms with Crippen LogP contribution in [-0.4, -0.2) is 9.55 Å². The van der Waals surface area contributed by atoms with Crippen molar-refractivity contribution in [3.63, 3.8) is 0 Å². The Kier molecular flexibility index (Phi) is 3.23. The lowest BCUT2D eigenvalue weighted by Crippen LogP contribution is -2.04. The summed E-state index contributed by atoms with van der Waals surface area (Å²) in [7, 11) is 1.55. The van der Waals surface area contributed by atoms with E-state index in [2.05, 4.69) is 20.9 Å². The van der Waals surface area contributed by atoms with Gasteiger partial charge in [-0.3, -0.25) is 0 Å². The van der Waals surface area contributed by atoms with Crippen molar-refractivity contribution in [2.75, 3.05) is 0 Å². The van der Waals surface area contributed by atoms with E-state index in [1.807, 2.05) is 13.0 Å². The molecule has 0 fully saturated rings. The van der Waals surface area contributed by atoms with Gasteiger partial charge in [-0.05, 0) is 30.7 Å². The Morgan fingerprint density at radius 1 is 1.22 bits per heavy atom. The van der Waals surface area contributed by atoms with E-state index in [4.69, 9.17) is 0 Å². The number of imidazole rings is 1. The number of halogens is 4. The Morgan fingerprint density at radius 2 is 1.89 bits per heavy atom. The average Bonchev–Trinajstić information content (AvgIpc) is 2.58. The smallest absolute Gasteiger partial charge is 0.333 e. The zero-order chi connectivity index (χ0) is 13.5. The molecule has 0 saturated carbocycles. The van der Waals surface area contributed by atoms with Gasteiger partial charge in [0.1, 0.15) is 5.82 Å². The number of benzene rings is 1. The van der Waals surface area contributed by atoms with Crippen LogP contribution < -0.4 is 0 Å². The summed E-state index contributed by atoms with van der Waals surface area (Å²) in [5, 5.41) is 0. The molecule has 1 aromatic carbocycles. The van der Waals surface area contributed by atoms with Gasteiger partial charge >= 0.3 is 6.18 Å². The average molecular weight is 319 g/mol. The van der Waals surface area contributed by atoms with Crippen LogP contribution in [0.15, 0.2) is 28.9 Å². The first kappa shape index (κ1) is 13.1. The third-order valence-corrected chi connectivity index (χ3v) is 2.92. The van der Waals surface area contributed by atoms with Gasteiger partial charge in [0.2, 0.25) is 0 Å². The van der Waals surface area contributed by atoms with E-state index in [9.17, 15) is 13.2 Å². The van der Waals surface area contributed by atoms with Crippen LogP contribution in [0.3, 0.4) is 0 Å². The normalized spacial score (nSPS) is 11.9. The number of alkyl halides is 3. The van der Waals surface area contributed by atoms with Crippen LogP contribution in [0.4, 0.5) is 13.2 Å². The third kappa shape index (κ3) is 2.58. The topological polar surface area (TPSA) is 17.8 Å². The highest BCUT2D eigenvalue weighted by Crippen LogP contribution is 2.31. The van der Waals surface area contributed by atoms with Gasteiger partial charge < -0.3 is 4.57 Å². The van der Waals surface area contributed by atoms with Crippen molar-refractivity contribution in [3.8, 4) is 11.4 Å². The Hall–Kier alpha value is -1.30. The highest BCUT2D eigenvalue weighted by atomic mass is 79.9. The molecule has 0 saturated heterocycles. The summed E-state index contributed by atoms with van der Waals surface area (Å²) in [5.74, 6) is 0.298. The lowest BCUT2D eigenvalue weighted by atomic mass is 10.1. The molecule has 18 heavy (non-hydrogen) atoms. The second kappa shape index (κ2) is 4.42. The monoisotopic (exact) mass is 318 g/mol. The molecule has 0 N–H and O–H groups in total. The van der Waals surface area contributed by atoms with Crippen molar-refractivity contribution in [2.24, 2.45) is 7.05 Å². The third-order valence-electron chi connectivity index (χ3n) is 2.47. The van der Waals surface area contributed by atoms with Gasteiger partial charge in [-0.25, -0.2) is 4.98 Å². The first-order chi connectivity index (χ1) is 8.27. The molecule has 0 aliphatic rings. The molecule has 0 bridgehead atoms. The van der Waals surface area contributed by atoms with Gasteiger partial charge in [-0.1, -0.05) is 15.9 Å². The lowest BCUT2D eigenvalue weighted by molar-refractivity contribution is -0.140. The van der Waals surface area contributed by atoms with E-state index < -0.39 is 11.9 Å². The molecule has 6 heteroatoms. The minimum Gasteiger partial charge on any atom is -0.333 e. The van der Waals surface area contributed by atoms with E-state index >= 15 is 0 Å². The first-order valence-corrected chi connectivity index (χ1v) is 5.95. The Labute approximate surface area is 111 Å². The summed E-state index contributed by atoms with van der Waals surface area (Å²) in [5.41, 5.74) is 0.730. The number of hydrogen-bond acceptors (Lipinski definition) is 1. The largest absolute Gasteiger partial charge is 0.434 e. The summed E-state index contributed by atoms with van der Waals surface area (Å²) in [6, 6.07) is 5.43. The second-order valence-corrected chi connectivity index (χ2v) is 4.99. The molecule has 2 aromatic rings. The van der Waals surface area contributed by atoms with Gasteiger partial charge in [0.15, 0.2) is 5.69 Å². The first-order valence-electron chi connectivity index (χ1n) is 5.15. The van der Waals surface area contributed by atoms with E-state index in [-0.39, 0.29) is 0 Å². The van der Waals surface area contributed by atoms with Crippen molar-refractivity contribution in [2.45, 2.75) is 13.1 Å². The molecule has 0 unspecified atom stereocenters. The van der Waals surface area contributed by atoms with E-state index in [1.54, 1.807) is 19.2 Å². The molecule has 0 aliphatic carbocycles. The fraction of sp³-hybridized carbons (Fsp3) is 0.250. The number of hydrogen-bond donors (Lipinski definition) is 0. The van der Waals surface area contributed by atoms with Gasteiger partial charge in [0, 0.05) is 23.3 Å². The van der Waals surface area contributed by atoms with Crippen LogP contribution >= 0.6 is 15.9 Å². The van der Waals surface area contributed by atoms with Gasteiger partial charge in [-0.15, -0.1) is 0 Å². The minimum atomic E-state index is -4.42. The molecule has 2 rings (SSSR count). The van der Waals surface area contributed by atoms with Gasteiger partial charge in [0.25, 0.3) is 0 Å². The molecule has 1 aromatic heterocycles. The summed E-state index contributed by atoms with van der Waals surface area (Å²) in [4.78, 5) is 3.65. The van der Waals surface area contributed by atoms with Crippen LogP contribution in [0.1, 0.15) is 11.3 Å². The van der Waals surface area contributed by atoms with Crippen LogP contribution in [0.2, 0.25) is 0 Å². The summed E-state index contributed by atoms with van der Waals surface area (Å²) in [6.07, 6.45) is -3.43. The summed E-state index contributed by atoms with van der Waals surface area (Å²) in [6.45, 7) is 1.88. The SMILES string of the molecule is Cc1cc(Br)cc(-c2nc(C(F)(F)F)cn2C)c1. The lowest BCUT2D eigenvalue weighted by Gasteiger charge is -2.04. The maximum absolute atomic E-state index is 12.6. The molecular formula is C12H10BrF3N2. The standard InChI is InChI=1S/C12H10BrF3N2/c1-7-3-8(5-9(13)4-7)11-17-10(6-18(11)2)12(14,15)16/h3-6H,1-2H3. The number of rotatable bonds is 1. The highest BCUT2D eigenvalue weighted by molar-refractivity contribution is 9.10. The van der Waals surface area contributed by atoms with E-state index in [0.717, 1.165) is 16.2 Å². The van der Waals surface area contributed by atoms with Crippen molar-refractivity contribution in [1.29, 1.82) is 0 Å². The molecule has 0 atom stereocenters. The Morgan fingerprint density at radius 3 is 2.39 bits per heavy atom. The number of aryl methyl sites for hydroxylation is 2. The van der Waals surface area contributed by atoms with Crippen molar-refractivity contribution >= 4 is 15.9 Å². The van der Waals surface area contributed by atoms with Crippen LogP contribution in [0.25, 0.3) is 11.4 Å². The maximum atomic E-state index is 12.6. The zero-order valence-corrected chi connectivity index (χ0v) is 11.3. The van der Waals surface area contributed by atoms with Crippen LogP contribution in [0.5, 0.6) is 0 Å². The second-order valence-electron chi connectivity index (χ2n) is 4.08. The Balaban J connectivity index is 2.54. The molecule has 0 radical (unpaired) electrons. The van der Waals surface area contributed by atoms with Crippen molar-refractivity contribution in [3.05, 3.63) is 40.1 Å². The highest BCUT2D eigenvalue weighted by Gasteiger charge is 2.34. The molecule has 0 amide bonds. The zero-order valence-electron chi connectivity index (χ0n) is 9.72. The molecule has 0 spiro atoms. The number of aromatic nitrogens is 2. The summed E-state index contributed by atoms with van der Waals surface area (Å²) < 4.78 is 39.9. The minimum absolute atomic E-state index is 0.298. The fourth-order valence-electron chi connectivity index (χ4n) is 1.74. The Bertz CT molecular complexity index is 567. The predicted octanol–water partition coefficient (Wildman–Crippen LogP) is 4.18. The van der Waals surface area contributed by atoms with E-state index in [1.165, 1.54) is 4.57 Å². The molecule has 0 aliphatic heterocycles. The molecule has 1 heterocycles. The molecule has 96 valence electrons. The molecular weight excluding hydrogens is 309 g/mol. The molecule has 2 nitrogen and oxygen atoms in total. The van der Waals surface area contributed by atoms with Gasteiger partial charge in [0.05, 0.1) is 0 Å². The van der Waals surface area contributed by atoms with Crippen LogP contribution in [0, 0.1) is 6.92 Å². The van der Waals surface area contributed by atoms with Crippen molar-refractivity contribution < 1.29 is 13.2 Å². The fourth-order valence-corrected chi connectivity index (χ4v) is 2.34.